The maximum absolute atomic E-state index is 11.4. The highest BCUT2D eigenvalue weighted by Crippen LogP contribution is 2.27. The average Bonchev–Trinajstić information content (AvgIpc) is 2.38. The standard InChI is InChI=1S/C15H21NO2/c1-3-18-10-9-16-8-4-5-14-11-13(12(2)17)6-7-15(14)16/h6-7,11H,3-5,8-10H2,1-2H3. The molecule has 0 bridgehead atoms. The largest absolute Gasteiger partial charge is 0.380 e. The summed E-state index contributed by atoms with van der Waals surface area (Å²) < 4.78 is 5.42. The van der Waals surface area contributed by atoms with Gasteiger partial charge in [-0.3, -0.25) is 4.79 Å². The first-order valence-corrected chi connectivity index (χ1v) is 6.69. The molecule has 98 valence electrons. The molecule has 1 aliphatic heterocycles. The van der Waals surface area contributed by atoms with Crippen LogP contribution in [-0.4, -0.2) is 32.1 Å². The Hall–Kier alpha value is -1.35. The van der Waals surface area contributed by atoms with Crippen molar-refractivity contribution in [1.29, 1.82) is 0 Å². The lowest BCUT2D eigenvalue weighted by Crippen LogP contribution is -2.32. The van der Waals surface area contributed by atoms with Gasteiger partial charge in [0.15, 0.2) is 5.78 Å². The normalized spacial score (nSPS) is 14.4. The van der Waals surface area contributed by atoms with Crippen LogP contribution >= 0.6 is 0 Å². The minimum atomic E-state index is 0.143. The summed E-state index contributed by atoms with van der Waals surface area (Å²) in [7, 11) is 0. The molecule has 18 heavy (non-hydrogen) atoms. The maximum Gasteiger partial charge on any atom is 0.159 e. The second-order valence-electron chi connectivity index (χ2n) is 4.69. The zero-order valence-electron chi connectivity index (χ0n) is 11.2. The smallest absolute Gasteiger partial charge is 0.159 e. The monoisotopic (exact) mass is 247 g/mol. The van der Waals surface area contributed by atoms with E-state index in [2.05, 4.69) is 11.0 Å². The molecule has 0 fully saturated rings. The quantitative estimate of drug-likeness (QED) is 0.592. The van der Waals surface area contributed by atoms with Gasteiger partial charge in [0.05, 0.1) is 6.61 Å². The van der Waals surface area contributed by atoms with Crippen molar-refractivity contribution < 1.29 is 9.53 Å². The molecule has 0 spiro atoms. The number of carbonyl (C=O) groups is 1. The summed E-state index contributed by atoms with van der Waals surface area (Å²) in [6.07, 6.45) is 2.22. The number of hydrogen-bond donors (Lipinski definition) is 0. The highest BCUT2D eigenvalue weighted by Gasteiger charge is 2.17. The molecule has 0 aliphatic carbocycles. The van der Waals surface area contributed by atoms with Gasteiger partial charge in [-0.15, -0.1) is 0 Å². The van der Waals surface area contributed by atoms with E-state index in [4.69, 9.17) is 4.74 Å². The third-order valence-corrected chi connectivity index (χ3v) is 3.41. The summed E-state index contributed by atoms with van der Waals surface area (Å²) >= 11 is 0. The highest BCUT2D eigenvalue weighted by molar-refractivity contribution is 5.94. The predicted molar refractivity (Wildman–Crippen MR) is 73.5 cm³/mol. The van der Waals surface area contributed by atoms with Crippen LogP contribution in [-0.2, 0) is 11.2 Å². The lowest BCUT2D eigenvalue weighted by Gasteiger charge is -2.31. The molecule has 0 amide bonds. The first-order chi connectivity index (χ1) is 8.72. The van der Waals surface area contributed by atoms with Gasteiger partial charge < -0.3 is 9.64 Å². The van der Waals surface area contributed by atoms with E-state index in [0.29, 0.717) is 0 Å². The minimum absolute atomic E-state index is 0.143. The van der Waals surface area contributed by atoms with Gasteiger partial charge >= 0.3 is 0 Å². The molecular formula is C15H21NO2. The van der Waals surface area contributed by atoms with Gasteiger partial charge in [-0.1, -0.05) is 0 Å². The number of Topliss-reactive ketones (excluding diaryl/α,β-unsaturated/α-hetero) is 1. The molecule has 1 aromatic rings. The third-order valence-electron chi connectivity index (χ3n) is 3.41. The lowest BCUT2D eigenvalue weighted by atomic mass is 9.98. The Balaban J connectivity index is 2.14. The van der Waals surface area contributed by atoms with Crippen molar-refractivity contribution >= 4 is 11.5 Å². The van der Waals surface area contributed by atoms with Crippen LogP contribution in [0.15, 0.2) is 18.2 Å². The molecule has 0 N–H and O–H groups in total. The number of ketones is 1. The van der Waals surface area contributed by atoms with Crippen LogP contribution in [0.4, 0.5) is 5.69 Å². The maximum atomic E-state index is 11.4. The molecule has 1 aromatic carbocycles. The summed E-state index contributed by atoms with van der Waals surface area (Å²) in [6.45, 7) is 7.19. The summed E-state index contributed by atoms with van der Waals surface area (Å²) in [6, 6.07) is 6.06. The van der Waals surface area contributed by atoms with E-state index in [1.54, 1.807) is 6.92 Å². The molecule has 3 heteroatoms. The SMILES string of the molecule is CCOCCN1CCCc2cc(C(C)=O)ccc21. The summed E-state index contributed by atoms with van der Waals surface area (Å²) in [5.74, 6) is 0.143. The fourth-order valence-electron chi connectivity index (χ4n) is 2.45. The lowest BCUT2D eigenvalue weighted by molar-refractivity contribution is 0.101. The minimum Gasteiger partial charge on any atom is -0.380 e. The molecular weight excluding hydrogens is 226 g/mol. The Bertz CT molecular complexity index is 429. The van der Waals surface area contributed by atoms with Gasteiger partial charge in [0.25, 0.3) is 0 Å². The Kier molecular flexibility index (Phi) is 4.37. The molecule has 3 nitrogen and oxygen atoms in total. The van der Waals surface area contributed by atoms with E-state index in [1.165, 1.54) is 11.3 Å². The van der Waals surface area contributed by atoms with Crippen molar-refractivity contribution in [3.8, 4) is 0 Å². The molecule has 0 unspecified atom stereocenters. The topological polar surface area (TPSA) is 29.5 Å². The molecule has 2 rings (SSSR count). The Morgan fingerprint density at radius 1 is 1.44 bits per heavy atom. The highest BCUT2D eigenvalue weighted by atomic mass is 16.5. The van der Waals surface area contributed by atoms with Crippen LogP contribution in [0.25, 0.3) is 0 Å². The molecule has 0 aromatic heterocycles. The van der Waals surface area contributed by atoms with Gasteiger partial charge in [-0.25, -0.2) is 0 Å². The van der Waals surface area contributed by atoms with Crippen molar-refractivity contribution in [3.63, 3.8) is 0 Å². The molecule has 0 atom stereocenters. The number of ether oxygens (including phenoxy) is 1. The molecule has 0 radical (unpaired) electrons. The molecule has 1 aliphatic rings. The van der Waals surface area contributed by atoms with Gasteiger partial charge in [0.1, 0.15) is 0 Å². The molecule has 0 saturated carbocycles. The first kappa shape index (κ1) is 13.1. The van der Waals surface area contributed by atoms with Crippen LogP contribution in [0.1, 0.15) is 36.2 Å². The third kappa shape index (κ3) is 2.91. The van der Waals surface area contributed by atoms with Crippen molar-refractivity contribution in [2.45, 2.75) is 26.7 Å². The second kappa shape index (κ2) is 6.01. The van der Waals surface area contributed by atoms with E-state index >= 15 is 0 Å². The van der Waals surface area contributed by atoms with Crippen molar-refractivity contribution in [3.05, 3.63) is 29.3 Å². The number of rotatable bonds is 5. The van der Waals surface area contributed by atoms with Crippen LogP contribution in [0.5, 0.6) is 0 Å². The zero-order chi connectivity index (χ0) is 13.0. The van der Waals surface area contributed by atoms with Crippen LogP contribution in [0, 0.1) is 0 Å². The zero-order valence-corrected chi connectivity index (χ0v) is 11.2. The summed E-state index contributed by atoms with van der Waals surface area (Å²) in [4.78, 5) is 13.7. The Morgan fingerprint density at radius 3 is 3.00 bits per heavy atom. The second-order valence-corrected chi connectivity index (χ2v) is 4.69. The van der Waals surface area contributed by atoms with Crippen molar-refractivity contribution in [1.82, 2.24) is 0 Å². The van der Waals surface area contributed by atoms with Gasteiger partial charge in [-0.05, 0) is 50.5 Å². The fraction of sp³-hybridized carbons (Fsp3) is 0.533. The molecule has 0 saturated heterocycles. The van der Waals surface area contributed by atoms with Crippen molar-refractivity contribution in [2.24, 2.45) is 0 Å². The Labute approximate surface area is 109 Å². The Morgan fingerprint density at radius 2 is 2.28 bits per heavy atom. The fourth-order valence-corrected chi connectivity index (χ4v) is 2.45. The number of aryl methyl sites for hydroxylation is 1. The number of hydrogen-bond acceptors (Lipinski definition) is 3. The van der Waals surface area contributed by atoms with Gasteiger partial charge in [0, 0.05) is 30.9 Å². The summed E-state index contributed by atoms with van der Waals surface area (Å²) in [5.41, 5.74) is 3.39. The van der Waals surface area contributed by atoms with E-state index in [0.717, 1.165) is 44.7 Å². The number of nitrogens with zero attached hydrogens (tertiary/aromatic N) is 1. The van der Waals surface area contributed by atoms with Crippen LogP contribution < -0.4 is 4.90 Å². The first-order valence-electron chi connectivity index (χ1n) is 6.69. The van der Waals surface area contributed by atoms with Crippen LogP contribution in [0.2, 0.25) is 0 Å². The average molecular weight is 247 g/mol. The number of anilines is 1. The van der Waals surface area contributed by atoms with Gasteiger partial charge in [0.2, 0.25) is 0 Å². The number of fused-ring (bicyclic) bond motifs is 1. The predicted octanol–water partition coefficient (Wildman–Crippen LogP) is 2.68. The molecule has 1 heterocycles. The number of carbonyl (C=O) groups excluding carboxylic acids is 1. The van der Waals surface area contributed by atoms with E-state index in [-0.39, 0.29) is 5.78 Å². The van der Waals surface area contributed by atoms with E-state index in [9.17, 15) is 4.79 Å². The van der Waals surface area contributed by atoms with Gasteiger partial charge in [-0.2, -0.15) is 0 Å². The van der Waals surface area contributed by atoms with E-state index < -0.39 is 0 Å². The summed E-state index contributed by atoms with van der Waals surface area (Å²) in [5, 5.41) is 0. The van der Waals surface area contributed by atoms with E-state index in [1.807, 2.05) is 19.1 Å². The van der Waals surface area contributed by atoms with Crippen molar-refractivity contribution in [2.75, 3.05) is 31.2 Å². The number of benzene rings is 1. The van der Waals surface area contributed by atoms with Crippen LogP contribution in [0.3, 0.4) is 0 Å².